The fourth-order valence-corrected chi connectivity index (χ4v) is 5.82. The molecule has 222 valence electrons. The van der Waals surface area contributed by atoms with Gasteiger partial charge in [-0.3, -0.25) is 9.35 Å². The molecule has 4 rings (SSSR count). The molecule has 2 aliphatic rings. The molecule has 41 heavy (non-hydrogen) atoms. The number of ether oxygens (including phenoxy) is 4. The molecule has 0 bridgehead atoms. The zero-order valence-electron chi connectivity index (χ0n) is 22.7. The zero-order chi connectivity index (χ0) is 29.9. The first-order chi connectivity index (χ1) is 19.4. The molecule has 0 aliphatic carbocycles. The number of hydrogen-bond acceptors (Lipinski definition) is 10. The number of fused-ring (bicyclic) bond motifs is 2. The summed E-state index contributed by atoms with van der Waals surface area (Å²) in [4.78, 5) is 26.0. The average molecular weight is 592 g/mol. The van der Waals surface area contributed by atoms with E-state index < -0.39 is 33.4 Å². The third-order valence-corrected chi connectivity index (χ3v) is 8.00. The Balaban J connectivity index is 1.37. The van der Waals surface area contributed by atoms with E-state index >= 15 is 0 Å². The molecule has 0 spiro atoms. The van der Waals surface area contributed by atoms with Crippen LogP contribution in [0, 0.1) is 0 Å². The quantitative estimate of drug-likeness (QED) is 0.122. The number of rotatable bonds is 12. The molecule has 14 heteroatoms. The van der Waals surface area contributed by atoms with E-state index in [9.17, 15) is 27.7 Å². The largest absolute Gasteiger partial charge is 0.493 e. The van der Waals surface area contributed by atoms with Gasteiger partial charge in [0.05, 0.1) is 56.0 Å². The lowest BCUT2D eigenvalue weighted by Crippen LogP contribution is -2.47. The Hall–Kier alpha value is -4.17. The maximum atomic E-state index is 13.3. The molecular weight excluding hydrogens is 558 g/mol. The van der Waals surface area contributed by atoms with Gasteiger partial charge < -0.3 is 40.0 Å². The number of unbranched alkanes of at least 4 members (excludes halogenated alkanes) is 2. The van der Waals surface area contributed by atoms with Gasteiger partial charge >= 0.3 is 5.97 Å². The van der Waals surface area contributed by atoms with Gasteiger partial charge in [0.2, 0.25) is 0 Å². The summed E-state index contributed by atoms with van der Waals surface area (Å²) in [5.74, 6) is -0.340. The predicted molar refractivity (Wildman–Crippen MR) is 150 cm³/mol. The van der Waals surface area contributed by atoms with Gasteiger partial charge in [-0.1, -0.05) is 12.2 Å². The number of nitrogens with two attached hydrogens (primary N) is 1. The van der Waals surface area contributed by atoms with Crippen molar-refractivity contribution in [1.29, 1.82) is 0 Å². The van der Waals surface area contributed by atoms with E-state index in [2.05, 4.69) is 11.9 Å². The normalized spacial score (nSPS) is 18.2. The van der Waals surface area contributed by atoms with Crippen molar-refractivity contribution in [3.63, 3.8) is 0 Å². The van der Waals surface area contributed by atoms with Gasteiger partial charge in [0.25, 0.3) is 16.0 Å². The number of methoxy groups -OCH3 is 2. The lowest BCUT2D eigenvalue weighted by atomic mass is 10.1. The Morgan fingerprint density at radius 3 is 2.24 bits per heavy atom. The summed E-state index contributed by atoms with van der Waals surface area (Å²) in [6, 6.07) is 4.92. The van der Waals surface area contributed by atoms with Crippen LogP contribution in [0.1, 0.15) is 46.4 Å². The van der Waals surface area contributed by atoms with Gasteiger partial charge in [0.1, 0.15) is 0 Å². The Morgan fingerprint density at radius 1 is 1.05 bits per heavy atom. The molecule has 2 aromatic rings. The van der Waals surface area contributed by atoms with Gasteiger partial charge in [-0.05, 0) is 31.7 Å². The molecule has 2 aliphatic heterocycles. The molecule has 5 N–H and O–H groups in total. The van der Waals surface area contributed by atoms with Gasteiger partial charge in [0.15, 0.2) is 28.4 Å². The van der Waals surface area contributed by atoms with Gasteiger partial charge in [-0.15, -0.1) is 0 Å². The van der Waals surface area contributed by atoms with Crippen LogP contribution in [0.4, 0.5) is 11.4 Å². The van der Waals surface area contributed by atoms with Crippen LogP contribution in [0.25, 0.3) is 0 Å². The second-order valence-corrected chi connectivity index (χ2v) is 11.3. The van der Waals surface area contributed by atoms with E-state index in [0.29, 0.717) is 48.9 Å². The molecule has 0 radical (unpaired) electrons. The molecule has 1 amide bonds. The number of anilines is 2. The highest BCUT2D eigenvalue weighted by atomic mass is 32.2. The summed E-state index contributed by atoms with van der Waals surface area (Å²) in [6.07, 6.45) is 2.26. The number of hydrogen-bond donors (Lipinski definition) is 4. The number of nitrogen functional groups attached to an aromatic ring is 1. The number of nitrogens with zero attached hydrogens (tertiary/aromatic N) is 1. The van der Waals surface area contributed by atoms with Gasteiger partial charge in [-0.25, -0.2) is 4.79 Å². The first-order valence-electron chi connectivity index (χ1n) is 12.8. The van der Waals surface area contributed by atoms with E-state index in [-0.39, 0.29) is 41.2 Å². The van der Waals surface area contributed by atoms with E-state index in [1.54, 1.807) is 0 Å². The molecule has 0 aromatic heterocycles. The van der Waals surface area contributed by atoms with Crippen molar-refractivity contribution in [2.24, 2.45) is 0 Å². The molecule has 1 fully saturated rings. The molecule has 2 heterocycles. The maximum Gasteiger partial charge on any atom is 0.337 e. The second kappa shape index (κ2) is 12.1. The van der Waals surface area contributed by atoms with E-state index in [4.69, 9.17) is 24.7 Å². The lowest BCUT2D eigenvalue weighted by Gasteiger charge is -2.26. The third-order valence-electron chi connectivity index (χ3n) is 6.93. The van der Waals surface area contributed by atoms with Crippen LogP contribution in [0.2, 0.25) is 0 Å². The number of carboxylic acid groups (broad SMARTS) is 1. The van der Waals surface area contributed by atoms with Crippen LogP contribution in [-0.2, 0) is 10.1 Å². The second-order valence-electron chi connectivity index (χ2n) is 9.74. The van der Waals surface area contributed by atoms with Crippen molar-refractivity contribution in [3.8, 4) is 23.0 Å². The Morgan fingerprint density at radius 2 is 1.66 bits per heavy atom. The molecule has 0 saturated carbocycles. The zero-order valence-corrected chi connectivity index (χ0v) is 23.5. The molecular formula is C27H33N3O10S. The van der Waals surface area contributed by atoms with E-state index in [1.165, 1.54) is 43.4 Å². The van der Waals surface area contributed by atoms with Crippen molar-refractivity contribution in [2.75, 3.05) is 45.0 Å². The average Bonchev–Trinajstić information content (AvgIpc) is 3.25. The highest BCUT2D eigenvalue weighted by Crippen LogP contribution is 2.40. The lowest BCUT2D eigenvalue weighted by molar-refractivity contribution is 0.0695. The third kappa shape index (κ3) is 6.43. The van der Waals surface area contributed by atoms with Gasteiger partial charge in [-0.2, -0.15) is 8.42 Å². The van der Waals surface area contributed by atoms with Crippen molar-refractivity contribution >= 4 is 33.4 Å². The summed E-state index contributed by atoms with van der Waals surface area (Å²) < 4.78 is 56.6. The number of carbonyl (C=O) groups is 2. The number of nitrogens with one attached hydrogen (secondary N) is 1. The first kappa shape index (κ1) is 29.8. The van der Waals surface area contributed by atoms with Crippen LogP contribution < -0.4 is 30.0 Å². The van der Waals surface area contributed by atoms with Crippen LogP contribution in [0.5, 0.6) is 23.0 Å². The first-order valence-corrected chi connectivity index (χ1v) is 14.3. The van der Waals surface area contributed by atoms with E-state index in [1.807, 2.05) is 0 Å². The van der Waals surface area contributed by atoms with Crippen molar-refractivity contribution < 1.29 is 46.6 Å². The number of amides is 1. The highest BCUT2D eigenvalue weighted by Gasteiger charge is 2.46. The Labute approximate surface area is 237 Å². The molecule has 1 unspecified atom stereocenters. The number of aromatic carboxylic acids is 1. The molecule has 2 aromatic carbocycles. The van der Waals surface area contributed by atoms with Crippen molar-refractivity contribution in [1.82, 2.24) is 4.90 Å². The maximum absolute atomic E-state index is 13.3. The van der Waals surface area contributed by atoms with Crippen LogP contribution >= 0.6 is 0 Å². The van der Waals surface area contributed by atoms with Crippen molar-refractivity contribution in [3.05, 3.63) is 47.5 Å². The summed E-state index contributed by atoms with van der Waals surface area (Å²) >= 11 is 0. The number of carbonyl (C=O) groups excluding carboxylic acids is 1. The predicted octanol–water partition coefficient (Wildman–Crippen LogP) is 3.02. The summed E-state index contributed by atoms with van der Waals surface area (Å²) in [5, 5.41) is 10.6. The fourth-order valence-electron chi connectivity index (χ4n) is 4.91. The monoisotopic (exact) mass is 591 g/mol. The minimum absolute atomic E-state index is 0.0704. The van der Waals surface area contributed by atoms with Crippen molar-refractivity contribution in [2.45, 2.75) is 37.1 Å². The highest BCUT2D eigenvalue weighted by molar-refractivity contribution is 7.86. The Kier molecular flexibility index (Phi) is 8.83. The standard InChI is InChI=1S/C27H33N3O10S/c1-15-9-20-25(41(34,35)36)29-19-13-24(22(38-3)11-17(19)26(31)30(20)14-15)40-8-6-4-5-7-39-23-12-18(28)16(27(32)33)10-21(23)37-2/h10-13,20,25,29H,1,4-9,14,28H2,2-3H3,(H,32,33)(H,34,35,36)/t20-,25?/m0/s1. The number of carboxylic acids is 1. The molecule has 1 saturated heterocycles. The fraction of sp³-hybridized carbons (Fsp3) is 0.407. The minimum Gasteiger partial charge on any atom is -0.493 e. The summed E-state index contributed by atoms with van der Waals surface area (Å²) in [7, 11) is -1.71. The van der Waals surface area contributed by atoms with Crippen LogP contribution in [0.15, 0.2) is 36.4 Å². The van der Waals surface area contributed by atoms with Gasteiger partial charge in [0, 0.05) is 24.7 Å². The van der Waals surface area contributed by atoms with E-state index in [0.717, 1.165) is 6.42 Å². The molecule has 2 atom stereocenters. The minimum atomic E-state index is -4.56. The summed E-state index contributed by atoms with van der Waals surface area (Å²) in [5.41, 5.74) is 6.90. The SMILES string of the molecule is C=C1C[C@H]2C(S(=O)(=O)O)Nc3cc(OCCCCCOc4cc(N)c(C(=O)O)cc4OC)c(OC)cc3C(=O)N2C1. The molecule has 13 nitrogen and oxygen atoms in total. The smallest absolute Gasteiger partial charge is 0.337 e. The Bertz CT molecular complexity index is 1460. The topological polar surface area (TPSA) is 187 Å². The summed E-state index contributed by atoms with van der Waals surface area (Å²) in [6.45, 7) is 4.69. The van der Waals surface area contributed by atoms with Crippen LogP contribution in [0.3, 0.4) is 0 Å². The van der Waals surface area contributed by atoms with Crippen LogP contribution in [-0.4, -0.2) is 80.2 Å². The number of benzene rings is 2.